The molecule has 0 saturated heterocycles. The zero-order valence-corrected chi connectivity index (χ0v) is 12.3. The Morgan fingerprint density at radius 3 is 2.76 bits per heavy atom. The van der Waals surface area contributed by atoms with Gasteiger partial charge in [0.1, 0.15) is 0 Å². The van der Waals surface area contributed by atoms with Crippen LogP contribution in [0.2, 0.25) is 0 Å². The second kappa shape index (κ2) is 6.08. The van der Waals surface area contributed by atoms with E-state index in [9.17, 15) is 4.79 Å². The third kappa shape index (κ3) is 3.30. The fourth-order valence-electron chi connectivity index (χ4n) is 2.99. The predicted molar refractivity (Wildman–Crippen MR) is 83.0 cm³/mol. The zero-order chi connectivity index (χ0) is 14.7. The van der Waals surface area contributed by atoms with Crippen molar-refractivity contribution < 1.29 is 4.79 Å². The van der Waals surface area contributed by atoms with E-state index < -0.39 is 0 Å². The van der Waals surface area contributed by atoms with E-state index in [0.717, 1.165) is 25.0 Å². The van der Waals surface area contributed by atoms with E-state index in [-0.39, 0.29) is 11.9 Å². The molecular weight excluding hydrogens is 260 g/mol. The summed E-state index contributed by atoms with van der Waals surface area (Å²) in [5, 5.41) is 3.03. The lowest BCUT2D eigenvalue weighted by atomic mass is 10.0. The number of nitrogens with one attached hydrogen (secondary N) is 1. The van der Waals surface area contributed by atoms with Crippen LogP contribution in [-0.4, -0.2) is 10.9 Å². The van der Waals surface area contributed by atoms with Crippen LogP contribution >= 0.6 is 0 Å². The maximum Gasteiger partial charge on any atom is 0.217 e. The molecule has 1 atom stereocenters. The number of amides is 1. The number of rotatable bonds is 4. The van der Waals surface area contributed by atoms with Gasteiger partial charge in [-0.05, 0) is 48.4 Å². The van der Waals surface area contributed by atoms with Gasteiger partial charge in [0.05, 0.1) is 11.7 Å². The van der Waals surface area contributed by atoms with Gasteiger partial charge in [-0.15, -0.1) is 0 Å². The third-order valence-electron chi connectivity index (χ3n) is 4.01. The first-order valence-corrected chi connectivity index (χ1v) is 7.51. The van der Waals surface area contributed by atoms with E-state index in [4.69, 9.17) is 0 Å². The van der Waals surface area contributed by atoms with Crippen LogP contribution in [0.5, 0.6) is 0 Å². The summed E-state index contributed by atoms with van der Waals surface area (Å²) in [6.07, 6.45) is 6.22. The molecule has 0 radical (unpaired) electrons. The van der Waals surface area contributed by atoms with Gasteiger partial charge in [0.15, 0.2) is 0 Å². The van der Waals surface area contributed by atoms with Crippen LogP contribution in [0.4, 0.5) is 0 Å². The molecule has 3 nitrogen and oxygen atoms in total. The molecule has 0 spiro atoms. The van der Waals surface area contributed by atoms with Gasteiger partial charge in [-0.1, -0.05) is 30.3 Å². The highest BCUT2D eigenvalue weighted by Gasteiger charge is 2.18. The summed E-state index contributed by atoms with van der Waals surface area (Å²) in [5.41, 5.74) is 4.93. The normalized spacial score (nSPS) is 14.5. The van der Waals surface area contributed by atoms with Crippen molar-refractivity contribution in [2.75, 3.05) is 0 Å². The molecular formula is C18H20N2O. The van der Waals surface area contributed by atoms with Crippen molar-refractivity contribution in [2.24, 2.45) is 0 Å². The Kier molecular flexibility index (Phi) is 4.00. The molecule has 0 unspecified atom stereocenters. The zero-order valence-electron chi connectivity index (χ0n) is 12.3. The van der Waals surface area contributed by atoms with Gasteiger partial charge in [0.2, 0.25) is 5.91 Å². The van der Waals surface area contributed by atoms with Crippen LogP contribution in [0, 0.1) is 0 Å². The average molecular weight is 280 g/mol. The Labute approximate surface area is 125 Å². The molecule has 0 saturated carbocycles. The molecule has 108 valence electrons. The summed E-state index contributed by atoms with van der Waals surface area (Å²) in [4.78, 5) is 16.1. The van der Waals surface area contributed by atoms with Crippen LogP contribution in [-0.2, 0) is 24.1 Å². The largest absolute Gasteiger partial charge is 0.348 e. The summed E-state index contributed by atoms with van der Waals surface area (Å²) >= 11 is 0. The molecule has 1 aliphatic carbocycles. The molecule has 1 N–H and O–H groups in total. The van der Waals surface area contributed by atoms with Gasteiger partial charge >= 0.3 is 0 Å². The Morgan fingerprint density at radius 2 is 2.00 bits per heavy atom. The summed E-state index contributed by atoms with van der Waals surface area (Å²) in [6.45, 7) is 1.56. The molecule has 0 fully saturated rings. The number of carbonyl (C=O) groups excluding carboxylic acids is 1. The van der Waals surface area contributed by atoms with Crippen LogP contribution in [0.1, 0.15) is 41.8 Å². The first-order valence-electron chi connectivity index (χ1n) is 7.51. The number of hydrogen-bond acceptors (Lipinski definition) is 2. The Bertz CT molecular complexity index is 637. The highest BCUT2D eigenvalue weighted by Crippen LogP contribution is 2.25. The molecule has 21 heavy (non-hydrogen) atoms. The van der Waals surface area contributed by atoms with Crippen molar-refractivity contribution in [3.8, 4) is 0 Å². The SMILES string of the molecule is CC(=O)N[C@@H](Cc1ccccc1)c1cc2c(cn1)CCC2. The second-order valence-electron chi connectivity index (χ2n) is 5.67. The van der Waals surface area contributed by atoms with Gasteiger partial charge in [0, 0.05) is 13.1 Å². The van der Waals surface area contributed by atoms with Gasteiger partial charge in [-0.2, -0.15) is 0 Å². The Balaban J connectivity index is 1.86. The summed E-state index contributed by atoms with van der Waals surface area (Å²) < 4.78 is 0. The average Bonchev–Trinajstić information content (AvgIpc) is 2.94. The van der Waals surface area contributed by atoms with E-state index in [1.165, 1.54) is 23.1 Å². The molecule has 3 heteroatoms. The van der Waals surface area contributed by atoms with Gasteiger partial charge < -0.3 is 5.32 Å². The van der Waals surface area contributed by atoms with Crippen molar-refractivity contribution in [1.29, 1.82) is 0 Å². The fourth-order valence-corrected chi connectivity index (χ4v) is 2.99. The van der Waals surface area contributed by atoms with Crippen LogP contribution in [0.3, 0.4) is 0 Å². The second-order valence-corrected chi connectivity index (χ2v) is 5.67. The van der Waals surface area contributed by atoms with E-state index in [0.29, 0.717) is 0 Å². The quantitative estimate of drug-likeness (QED) is 0.935. The van der Waals surface area contributed by atoms with Gasteiger partial charge in [-0.25, -0.2) is 0 Å². The number of pyridine rings is 1. The van der Waals surface area contributed by atoms with E-state index >= 15 is 0 Å². The Morgan fingerprint density at radius 1 is 1.24 bits per heavy atom. The molecule has 3 rings (SSSR count). The fraction of sp³-hybridized carbons (Fsp3) is 0.333. The third-order valence-corrected chi connectivity index (χ3v) is 4.01. The van der Waals surface area contributed by atoms with Gasteiger partial charge in [0.25, 0.3) is 0 Å². The maximum atomic E-state index is 11.5. The molecule has 2 aromatic rings. The molecule has 1 amide bonds. The molecule has 1 aromatic heterocycles. The van der Waals surface area contributed by atoms with E-state index in [1.54, 1.807) is 6.92 Å². The number of nitrogens with zero attached hydrogens (tertiary/aromatic N) is 1. The number of aryl methyl sites for hydroxylation is 2. The number of fused-ring (bicyclic) bond motifs is 1. The summed E-state index contributed by atoms with van der Waals surface area (Å²) in [6, 6.07) is 12.3. The smallest absolute Gasteiger partial charge is 0.217 e. The van der Waals surface area contributed by atoms with Crippen molar-refractivity contribution in [2.45, 2.75) is 38.6 Å². The lowest BCUT2D eigenvalue weighted by molar-refractivity contribution is -0.119. The van der Waals surface area contributed by atoms with E-state index in [2.05, 4.69) is 28.5 Å². The minimum atomic E-state index is -0.0594. The lowest BCUT2D eigenvalue weighted by Gasteiger charge is -2.18. The number of benzene rings is 1. The number of carbonyl (C=O) groups is 1. The van der Waals surface area contributed by atoms with Crippen molar-refractivity contribution >= 4 is 5.91 Å². The van der Waals surface area contributed by atoms with Crippen molar-refractivity contribution in [1.82, 2.24) is 10.3 Å². The van der Waals surface area contributed by atoms with Crippen molar-refractivity contribution in [3.63, 3.8) is 0 Å². The standard InChI is InChI=1S/C18H20N2O/c1-13(21)20-18(10-14-6-3-2-4-7-14)17-11-15-8-5-9-16(15)12-19-17/h2-4,6-7,11-12,18H,5,8-10H2,1H3,(H,20,21)/t18-/m0/s1. The van der Waals surface area contributed by atoms with Crippen molar-refractivity contribution in [3.05, 3.63) is 65.0 Å². The molecule has 0 aliphatic heterocycles. The summed E-state index contributed by atoms with van der Waals surface area (Å²) in [7, 11) is 0. The lowest BCUT2D eigenvalue weighted by Crippen LogP contribution is -2.28. The first-order chi connectivity index (χ1) is 10.2. The van der Waals surface area contributed by atoms with Crippen LogP contribution in [0.15, 0.2) is 42.6 Å². The molecule has 1 aliphatic rings. The van der Waals surface area contributed by atoms with Crippen LogP contribution in [0.25, 0.3) is 0 Å². The Hall–Kier alpha value is -2.16. The monoisotopic (exact) mass is 280 g/mol. The van der Waals surface area contributed by atoms with Crippen LogP contribution < -0.4 is 5.32 Å². The maximum absolute atomic E-state index is 11.5. The first kappa shape index (κ1) is 13.8. The topological polar surface area (TPSA) is 42.0 Å². The predicted octanol–water partition coefficient (Wildman–Crippen LogP) is 2.99. The molecule has 1 aromatic carbocycles. The number of aromatic nitrogens is 1. The highest BCUT2D eigenvalue weighted by atomic mass is 16.1. The van der Waals surface area contributed by atoms with E-state index in [1.807, 2.05) is 24.4 Å². The minimum absolute atomic E-state index is 0.0155. The molecule has 0 bridgehead atoms. The van der Waals surface area contributed by atoms with Gasteiger partial charge in [-0.3, -0.25) is 9.78 Å². The summed E-state index contributed by atoms with van der Waals surface area (Å²) in [5.74, 6) is -0.0155. The minimum Gasteiger partial charge on any atom is -0.348 e. The number of hydrogen-bond donors (Lipinski definition) is 1. The molecule has 1 heterocycles. The highest BCUT2D eigenvalue weighted by molar-refractivity contribution is 5.73.